The monoisotopic (exact) mass is 184 g/mol. The van der Waals surface area contributed by atoms with E-state index in [1.807, 2.05) is 20.8 Å². The lowest BCUT2D eigenvalue weighted by atomic mass is 9.93. The van der Waals surface area contributed by atoms with E-state index in [4.69, 9.17) is 0 Å². The Hall–Kier alpha value is -1.26. The molecule has 74 valence electrons. The molecule has 0 aliphatic rings. The van der Waals surface area contributed by atoms with E-state index >= 15 is 0 Å². The molecule has 0 bridgehead atoms. The first-order valence-electron chi connectivity index (χ1n) is 4.17. The van der Waals surface area contributed by atoms with Crippen molar-refractivity contribution < 1.29 is 5.11 Å². The van der Waals surface area contributed by atoms with E-state index in [1.54, 1.807) is 19.1 Å². The Bertz CT molecular complexity index is 298. The summed E-state index contributed by atoms with van der Waals surface area (Å²) in [4.78, 5) is 1.36. The van der Waals surface area contributed by atoms with Crippen molar-refractivity contribution in [3.05, 3.63) is 5.69 Å². The highest BCUT2D eigenvalue weighted by atomic mass is 16.3. The molecule has 1 N–H and O–H groups in total. The minimum atomic E-state index is -0.182. The molecule has 0 saturated heterocycles. The summed E-state index contributed by atoms with van der Waals surface area (Å²) < 4.78 is 0. The van der Waals surface area contributed by atoms with Crippen LogP contribution in [0.5, 0.6) is 5.88 Å². The molecule has 0 aromatic carbocycles. The second-order valence-electron chi connectivity index (χ2n) is 4.25. The molecule has 0 radical (unpaired) electrons. The Morgan fingerprint density at radius 1 is 1.31 bits per heavy atom. The van der Waals surface area contributed by atoms with Gasteiger partial charge in [0.1, 0.15) is 5.69 Å². The maximum absolute atomic E-state index is 9.73. The molecule has 0 spiro atoms. The molecule has 1 heterocycles. The highest BCUT2D eigenvalue weighted by molar-refractivity contribution is 5.24. The first kappa shape index (κ1) is 9.83. The van der Waals surface area contributed by atoms with Crippen molar-refractivity contribution >= 4 is 0 Å². The third-order valence-electron chi connectivity index (χ3n) is 1.72. The Kier molecular flexibility index (Phi) is 2.19. The summed E-state index contributed by atoms with van der Waals surface area (Å²) in [7, 11) is 3.58. The van der Waals surface area contributed by atoms with Crippen LogP contribution >= 0.6 is 0 Å². The molecule has 13 heavy (non-hydrogen) atoms. The van der Waals surface area contributed by atoms with E-state index in [-0.39, 0.29) is 11.3 Å². The Morgan fingerprint density at radius 2 is 1.85 bits per heavy atom. The predicted octanol–water partition coefficient (Wildman–Crippen LogP) is 0.479. The van der Waals surface area contributed by atoms with Crippen molar-refractivity contribution in [3.8, 4) is 5.88 Å². The second kappa shape index (κ2) is 2.90. The van der Waals surface area contributed by atoms with E-state index < -0.39 is 0 Å². The predicted molar refractivity (Wildman–Crippen MR) is 50.5 cm³/mol. The highest BCUT2D eigenvalue weighted by Gasteiger charge is 2.24. The second-order valence-corrected chi connectivity index (χ2v) is 4.25. The van der Waals surface area contributed by atoms with Crippen LogP contribution in [0.3, 0.4) is 0 Å². The van der Waals surface area contributed by atoms with E-state index in [2.05, 4.69) is 10.3 Å². The van der Waals surface area contributed by atoms with Crippen LogP contribution in [0.15, 0.2) is 0 Å². The SMILES string of the molecule is CN(C)n1nnc(C(C)(C)C)c1O. The standard InChI is InChI=1S/C8H16N4O/c1-8(2,3)6-7(13)12(10-9-6)11(4)5/h13H,1-5H3. The molecule has 1 aromatic rings. The third-order valence-corrected chi connectivity index (χ3v) is 1.72. The molecule has 5 nitrogen and oxygen atoms in total. The summed E-state index contributed by atoms with van der Waals surface area (Å²) in [6, 6.07) is 0. The summed E-state index contributed by atoms with van der Waals surface area (Å²) in [6.45, 7) is 5.95. The lowest BCUT2D eigenvalue weighted by Gasteiger charge is -2.16. The first-order chi connectivity index (χ1) is 5.84. The average Bonchev–Trinajstić information content (AvgIpc) is 2.28. The molecule has 0 aliphatic heterocycles. The van der Waals surface area contributed by atoms with Gasteiger partial charge in [-0.2, -0.15) is 0 Å². The summed E-state index contributed by atoms with van der Waals surface area (Å²) in [6.07, 6.45) is 0. The number of hydrogen-bond acceptors (Lipinski definition) is 4. The summed E-state index contributed by atoms with van der Waals surface area (Å²) in [5.74, 6) is 0.109. The zero-order chi connectivity index (χ0) is 10.2. The number of hydrogen-bond donors (Lipinski definition) is 1. The fraction of sp³-hybridized carbons (Fsp3) is 0.750. The topological polar surface area (TPSA) is 54.2 Å². The van der Waals surface area contributed by atoms with Gasteiger partial charge in [0, 0.05) is 19.5 Å². The van der Waals surface area contributed by atoms with Crippen molar-refractivity contribution in [1.29, 1.82) is 0 Å². The van der Waals surface area contributed by atoms with Crippen LogP contribution in [0.4, 0.5) is 0 Å². The molecule has 1 rings (SSSR count). The maximum atomic E-state index is 9.73. The zero-order valence-electron chi connectivity index (χ0n) is 8.74. The number of aromatic nitrogens is 3. The molecule has 0 aliphatic carbocycles. The van der Waals surface area contributed by atoms with Crippen LogP contribution in [0.1, 0.15) is 26.5 Å². The Labute approximate surface area is 77.9 Å². The van der Waals surface area contributed by atoms with Crippen LogP contribution in [-0.4, -0.2) is 34.3 Å². The van der Waals surface area contributed by atoms with E-state index in [9.17, 15) is 5.11 Å². The van der Waals surface area contributed by atoms with Crippen molar-refractivity contribution in [2.75, 3.05) is 19.1 Å². The Morgan fingerprint density at radius 3 is 2.08 bits per heavy atom. The van der Waals surface area contributed by atoms with Crippen molar-refractivity contribution in [3.63, 3.8) is 0 Å². The third kappa shape index (κ3) is 1.74. The van der Waals surface area contributed by atoms with Gasteiger partial charge in [-0.15, -0.1) is 9.89 Å². The van der Waals surface area contributed by atoms with Crippen molar-refractivity contribution in [2.24, 2.45) is 0 Å². The van der Waals surface area contributed by atoms with E-state index in [0.717, 1.165) is 0 Å². The normalized spacial score (nSPS) is 11.8. The Balaban J connectivity index is 3.14. The van der Waals surface area contributed by atoms with Gasteiger partial charge in [-0.25, -0.2) is 0 Å². The van der Waals surface area contributed by atoms with E-state index in [1.165, 1.54) is 4.79 Å². The molecule has 0 atom stereocenters. The lowest BCUT2D eigenvalue weighted by molar-refractivity contribution is 0.388. The van der Waals surface area contributed by atoms with Gasteiger partial charge in [0.2, 0.25) is 0 Å². The van der Waals surface area contributed by atoms with Gasteiger partial charge in [-0.05, 0) is 5.21 Å². The fourth-order valence-corrected chi connectivity index (χ4v) is 1.02. The maximum Gasteiger partial charge on any atom is 0.254 e. The van der Waals surface area contributed by atoms with Gasteiger partial charge in [0.15, 0.2) is 0 Å². The van der Waals surface area contributed by atoms with Crippen LogP contribution in [0, 0.1) is 0 Å². The van der Waals surface area contributed by atoms with Crippen LogP contribution in [-0.2, 0) is 5.41 Å². The first-order valence-corrected chi connectivity index (χ1v) is 4.17. The van der Waals surface area contributed by atoms with Crippen LogP contribution < -0.4 is 5.01 Å². The van der Waals surface area contributed by atoms with Gasteiger partial charge in [-0.1, -0.05) is 20.8 Å². The molecule has 1 aromatic heterocycles. The van der Waals surface area contributed by atoms with Crippen molar-refractivity contribution in [2.45, 2.75) is 26.2 Å². The molecule has 5 heteroatoms. The van der Waals surface area contributed by atoms with Crippen LogP contribution in [0.25, 0.3) is 0 Å². The minimum Gasteiger partial charge on any atom is -0.491 e. The van der Waals surface area contributed by atoms with Gasteiger partial charge in [0.25, 0.3) is 5.88 Å². The number of aromatic hydroxyl groups is 1. The van der Waals surface area contributed by atoms with Crippen LogP contribution in [0.2, 0.25) is 0 Å². The summed E-state index contributed by atoms with van der Waals surface area (Å²) in [5, 5.41) is 19.1. The zero-order valence-corrected chi connectivity index (χ0v) is 8.74. The largest absolute Gasteiger partial charge is 0.491 e. The molecule has 0 fully saturated rings. The number of nitrogens with zero attached hydrogens (tertiary/aromatic N) is 4. The minimum absolute atomic E-state index is 0.109. The quantitative estimate of drug-likeness (QED) is 0.689. The molecule has 0 saturated carbocycles. The van der Waals surface area contributed by atoms with E-state index in [0.29, 0.717) is 5.69 Å². The van der Waals surface area contributed by atoms with Gasteiger partial charge in [0.05, 0.1) is 0 Å². The smallest absolute Gasteiger partial charge is 0.254 e. The molecule has 0 unspecified atom stereocenters. The van der Waals surface area contributed by atoms with Gasteiger partial charge < -0.3 is 5.11 Å². The number of rotatable bonds is 1. The average molecular weight is 184 g/mol. The van der Waals surface area contributed by atoms with Gasteiger partial charge in [-0.3, -0.25) is 5.01 Å². The van der Waals surface area contributed by atoms with Crippen molar-refractivity contribution in [1.82, 2.24) is 15.1 Å². The fourth-order valence-electron chi connectivity index (χ4n) is 1.02. The molecule has 0 amide bonds. The summed E-state index contributed by atoms with van der Waals surface area (Å²) >= 11 is 0. The van der Waals surface area contributed by atoms with Gasteiger partial charge >= 0.3 is 0 Å². The lowest BCUT2D eigenvalue weighted by Crippen LogP contribution is -2.25. The molecular formula is C8H16N4O. The summed E-state index contributed by atoms with van der Waals surface area (Å²) in [5.41, 5.74) is 0.430. The molecular weight excluding hydrogens is 168 g/mol. The highest BCUT2D eigenvalue weighted by Crippen LogP contribution is 2.27.